The van der Waals surface area contributed by atoms with Gasteiger partial charge >= 0.3 is 0 Å². The smallest absolute Gasteiger partial charge is 0.255 e. The van der Waals surface area contributed by atoms with Gasteiger partial charge in [-0.05, 0) is 49.4 Å². The van der Waals surface area contributed by atoms with E-state index in [1.54, 1.807) is 31.1 Å². The highest BCUT2D eigenvalue weighted by molar-refractivity contribution is 5.77. The average Bonchev–Trinajstić information content (AvgIpc) is 2.81. The van der Waals surface area contributed by atoms with E-state index in [4.69, 9.17) is 4.74 Å². The second kappa shape index (κ2) is 9.72. The molecule has 172 valence electrons. The van der Waals surface area contributed by atoms with Crippen molar-refractivity contribution in [3.63, 3.8) is 0 Å². The first-order chi connectivity index (χ1) is 15.9. The monoisotopic (exact) mass is 451 g/mol. The summed E-state index contributed by atoms with van der Waals surface area (Å²) >= 11 is 0. The maximum Gasteiger partial charge on any atom is 0.255 e. The Morgan fingerprint density at radius 1 is 1.09 bits per heavy atom. The molecule has 0 bridgehead atoms. The van der Waals surface area contributed by atoms with E-state index in [9.17, 15) is 14.0 Å². The number of nitrogens with one attached hydrogen (secondary N) is 1. The van der Waals surface area contributed by atoms with Crippen molar-refractivity contribution in [1.29, 1.82) is 0 Å². The van der Waals surface area contributed by atoms with Crippen LogP contribution in [0.2, 0.25) is 0 Å². The van der Waals surface area contributed by atoms with E-state index in [0.29, 0.717) is 37.6 Å². The summed E-state index contributed by atoms with van der Waals surface area (Å²) in [5, 5.41) is 2.96. The van der Waals surface area contributed by atoms with E-state index < -0.39 is 5.82 Å². The molecule has 0 radical (unpaired) electrons. The largest absolute Gasteiger partial charge is 0.497 e. The van der Waals surface area contributed by atoms with Crippen molar-refractivity contribution in [1.82, 2.24) is 14.5 Å². The van der Waals surface area contributed by atoms with Gasteiger partial charge in [0.25, 0.3) is 5.56 Å². The standard InChI is InChI=1S/C24H26FN5O3/c1-17-14-22(31)30(24(26-17)27-19-5-3-4-18(25)15-19)16-23(32)29-12-10-28(11-13-29)20-6-8-21(33-2)9-7-20/h3-9,14-15H,10-13,16H2,1-2H3,(H,26,27). The minimum Gasteiger partial charge on any atom is -0.497 e. The third-order valence-corrected chi connectivity index (χ3v) is 5.58. The molecule has 0 unspecified atom stereocenters. The van der Waals surface area contributed by atoms with Crippen LogP contribution in [0.1, 0.15) is 5.69 Å². The van der Waals surface area contributed by atoms with Gasteiger partial charge in [-0.2, -0.15) is 0 Å². The van der Waals surface area contributed by atoms with Crippen LogP contribution < -0.4 is 20.5 Å². The van der Waals surface area contributed by atoms with E-state index in [1.165, 1.54) is 22.8 Å². The summed E-state index contributed by atoms with van der Waals surface area (Å²) in [5.41, 5.74) is 1.69. The lowest BCUT2D eigenvalue weighted by molar-refractivity contribution is -0.132. The van der Waals surface area contributed by atoms with Gasteiger partial charge in [0.2, 0.25) is 11.9 Å². The summed E-state index contributed by atoms with van der Waals surface area (Å²) in [7, 11) is 1.63. The van der Waals surface area contributed by atoms with Crippen LogP contribution in [0.15, 0.2) is 59.4 Å². The molecule has 0 aliphatic carbocycles. The van der Waals surface area contributed by atoms with Crippen molar-refractivity contribution in [3.8, 4) is 5.75 Å². The van der Waals surface area contributed by atoms with Crippen molar-refractivity contribution in [2.45, 2.75) is 13.5 Å². The van der Waals surface area contributed by atoms with Crippen molar-refractivity contribution in [2.75, 3.05) is 43.5 Å². The van der Waals surface area contributed by atoms with Crippen LogP contribution in [-0.2, 0) is 11.3 Å². The zero-order valence-electron chi connectivity index (χ0n) is 18.6. The first-order valence-corrected chi connectivity index (χ1v) is 10.7. The van der Waals surface area contributed by atoms with Crippen molar-refractivity contribution < 1.29 is 13.9 Å². The number of nitrogens with zero attached hydrogens (tertiary/aromatic N) is 4. The minimum atomic E-state index is -0.410. The molecule has 1 saturated heterocycles. The van der Waals surface area contributed by atoms with Crippen LogP contribution in [0.4, 0.5) is 21.7 Å². The van der Waals surface area contributed by atoms with E-state index in [0.717, 1.165) is 11.4 Å². The number of aromatic nitrogens is 2. The van der Waals surface area contributed by atoms with Gasteiger partial charge in [-0.15, -0.1) is 0 Å². The number of halogens is 1. The van der Waals surface area contributed by atoms with Crippen molar-refractivity contribution >= 4 is 23.2 Å². The molecule has 1 aromatic heterocycles. The average molecular weight is 452 g/mol. The van der Waals surface area contributed by atoms with Crippen molar-refractivity contribution in [2.24, 2.45) is 0 Å². The second-order valence-corrected chi connectivity index (χ2v) is 7.85. The third-order valence-electron chi connectivity index (χ3n) is 5.58. The topological polar surface area (TPSA) is 79.7 Å². The predicted octanol–water partition coefficient (Wildman–Crippen LogP) is 2.79. The summed E-state index contributed by atoms with van der Waals surface area (Å²) in [5.74, 6) is 0.426. The molecule has 1 N–H and O–H groups in total. The molecule has 9 heteroatoms. The molecule has 0 atom stereocenters. The zero-order chi connectivity index (χ0) is 23.4. The van der Waals surface area contributed by atoms with Crippen LogP contribution in [0.5, 0.6) is 5.75 Å². The highest BCUT2D eigenvalue weighted by atomic mass is 19.1. The van der Waals surface area contributed by atoms with Crippen LogP contribution in [-0.4, -0.2) is 53.6 Å². The number of carbonyl (C=O) groups is 1. The van der Waals surface area contributed by atoms with Crippen LogP contribution in [0.25, 0.3) is 0 Å². The number of piperazine rings is 1. The van der Waals surface area contributed by atoms with Gasteiger partial charge in [-0.25, -0.2) is 9.37 Å². The fourth-order valence-electron chi connectivity index (χ4n) is 3.81. The van der Waals surface area contributed by atoms with Crippen LogP contribution >= 0.6 is 0 Å². The fourth-order valence-corrected chi connectivity index (χ4v) is 3.81. The molecule has 1 fully saturated rings. The molecular formula is C24H26FN5O3. The molecule has 0 spiro atoms. The lowest BCUT2D eigenvalue weighted by Gasteiger charge is -2.36. The number of carbonyl (C=O) groups excluding carboxylic acids is 1. The number of rotatable bonds is 6. The van der Waals surface area contributed by atoms with Gasteiger partial charge < -0.3 is 19.9 Å². The first kappa shape index (κ1) is 22.3. The summed E-state index contributed by atoms with van der Waals surface area (Å²) in [6.45, 7) is 4.02. The Bertz CT molecular complexity index is 1190. The van der Waals surface area contributed by atoms with E-state index >= 15 is 0 Å². The number of ether oxygens (including phenoxy) is 1. The zero-order valence-corrected chi connectivity index (χ0v) is 18.6. The second-order valence-electron chi connectivity index (χ2n) is 7.85. The number of methoxy groups -OCH3 is 1. The number of anilines is 3. The summed E-state index contributed by atoms with van der Waals surface area (Å²) in [6, 6.07) is 15.1. The predicted molar refractivity (Wildman–Crippen MR) is 125 cm³/mol. The molecule has 8 nitrogen and oxygen atoms in total. The van der Waals surface area contributed by atoms with Crippen LogP contribution in [0.3, 0.4) is 0 Å². The Morgan fingerprint density at radius 3 is 2.48 bits per heavy atom. The van der Waals surface area contributed by atoms with Gasteiger partial charge in [0.05, 0.1) is 7.11 Å². The Hall–Kier alpha value is -3.88. The summed E-state index contributed by atoms with van der Waals surface area (Å²) < 4.78 is 20.1. The molecule has 2 aromatic carbocycles. The van der Waals surface area contributed by atoms with Crippen LogP contribution in [0, 0.1) is 12.7 Å². The van der Waals surface area contributed by atoms with Gasteiger partial charge in [0.1, 0.15) is 18.1 Å². The third kappa shape index (κ3) is 5.31. The number of amides is 1. The summed E-state index contributed by atoms with van der Waals surface area (Å²) in [6.07, 6.45) is 0. The Labute approximate surface area is 191 Å². The maximum absolute atomic E-state index is 13.6. The summed E-state index contributed by atoms with van der Waals surface area (Å²) in [4.78, 5) is 34.0. The Kier molecular flexibility index (Phi) is 6.58. The van der Waals surface area contributed by atoms with E-state index in [1.807, 2.05) is 24.3 Å². The number of aryl methyl sites for hydroxylation is 1. The molecule has 1 aliphatic heterocycles. The van der Waals surface area contributed by atoms with E-state index in [-0.39, 0.29) is 24.0 Å². The molecule has 0 saturated carbocycles. The molecule has 1 amide bonds. The van der Waals surface area contributed by atoms with Gasteiger partial charge in [0, 0.05) is 49.3 Å². The number of hydrogen-bond donors (Lipinski definition) is 1. The van der Waals surface area contributed by atoms with Gasteiger partial charge in [0.15, 0.2) is 0 Å². The quantitative estimate of drug-likeness (QED) is 0.621. The first-order valence-electron chi connectivity index (χ1n) is 10.7. The number of hydrogen-bond acceptors (Lipinski definition) is 6. The lowest BCUT2D eigenvalue weighted by atomic mass is 10.2. The Balaban J connectivity index is 1.44. The van der Waals surface area contributed by atoms with E-state index in [2.05, 4.69) is 15.2 Å². The van der Waals surface area contributed by atoms with Crippen molar-refractivity contribution in [3.05, 3.63) is 76.5 Å². The molecule has 33 heavy (non-hydrogen) atoms. The fraction of sp³-hybridized carbons (Fsp3) is 0.292. The van der Waals surface area contributed by atoms with Gasteiger partial charge in [-0.1, -0.05) is 6.07 Å². The van der Waals surface area contributed by atoms with Gasteiger partial charge in [-0.3, -0.25) is 14.2 Å². The number of benzene rings is 2. The SMILES string of the molecule is COc1ccc(N2CCN(C(=O)Cn3c(Nc4cccc(F)c4)nc(C)cc3=O)CC2)cc1. The molecular weight excluding hydrogens is 425 g/mol. The molecule has 4 rings (SSSR count). The molecule has 2 heterocycles. The normalized spacial score (nSPS) is 13.7. The lowest BCUT2D eigenvalue weighted by Crippen LogP contribution is -2.50. The molecule has 1 aliphatic rings. The maximum atomic E-state index is 13.6. The molecule has 3 aromatic rings. The Morgan fingerprint density at radius 2 is 1.82 bits per heavy atom. The highest BCUT2D eigenvalue weighted by Crippen LogP contribution is 2.21. The highest BCUT2D eigenvalue weighted by Gasteiger charge is 2.23. The minimum absolute atomic E-state index is 0.147.